The van der Waals surface area contributed by atoms with E-state index in [9.17, 15) is 9.90 Å². The third kappa shape index (κ3) is 4.94. The van der Waals surface area contributed by atoms with Crippen molar-refractivity contribution < 1.29 is 14.6 Å². The van der Waals surface area contributed by atoms with Crippen LogP contribution < -0.4 is 4.74 Å². The van der Waals surface area contributed by atoms with Gasteiger partial charge in [0.2, 0.25) is 0 Å². The fraction of sp³-hybridized carbons (Fsp3) is 0.409. The van der Waals surface area contributed by atoms with Crippen molar-refractivity contribution >= 4 is 11.6 Å². The molecule has 0 bridgehead atoms. The maximum absolute atomic E-state index is 12.3. The van der Waals surface area contributed by atoms with E-state index in [1.54, 1.807) is 43.5 Å². The van der Waals surface area contributed by atoms with Crippen LogP contribution in [0.5, 0.6) is 11.5 Å². The van der Waals surface area contributed by atoms with Gasteiger partial charge in [-0.05, 0) is 47.2 Å². The van der Waals surface area contributed by atoms with Crippen LogP contribution in [-0.4, -0.2) is 18.1 Å². The molecule has 0 aromatic heterocycles. The van der Waals surface area contributed by atoms with Crippen LogP contribution in [-0.2, 0) is 10.8 Å². The van der Waals surface area contributed by atoms with Crippen LogP contribution in [0.15, 0.2) is 46.6 Å². The molecule has 2 rings (SSSR count). The zero-order chi connectivity index (χ0) is 20.4. The number of phenolic OH excluding ortho intramolecular Hbond substituents is 1. The summed E-state index contributed by atoms with van der Waals surface area (Å²) in [7, 11) is 1.57. The molecule has 0 fully saturated rings. The predicted molar refractivity (Wildman–Crippen MR) is 107 cm³/mol. The highest BCUT2D eigenvalue weighted by molar-refractivity contribution is 5.94. The molecule has 2 aromatic carbocycles. The molecule has 2 aromatic rings. The van der Waals surface area contributed by atoms with Crippen molar-refractivity contribution in [3.05, 3.63) is 53.1 Å². The summed E-state index contributed by atoms with van der Waals surface area (Å²) >= 11 is 0. The number of amides is 1. The van der Waals surface area contributed by atoms with Gasteiger partial charge in [0.1, 0.15) is 11.5 Å². The molecule has 1 N–H and O–H groups in total. The SMILES string of the molecule is COc1ccc(C(=O)N=Nc2cc(C(C)(C)C)c(O)c(C(C)(C)C)c2)cc1. The van der Waals surface area contributed by atoms with Gasteiger partial charge in [-0.25, -0.2) is 0 Å². The molecule has 0 aliphatic rings. The Balaban J connectivity index is 2.42. The summed E-state index contributed by atoms with van der Waals surface area (Å²) in [4.78, 5) is 12.3. The fourth-order valence-electron chi connectivity index (χ4n) is 2.71. The second-order valence-electron chi connectivity index (χ2n) is 8.62. The molecular weight excluding hydrogens is 340 g/mol. The molecule has 0 unspecified atom stereocenters. The van der Waals surface area contributed by atoms with E-state index in [0.29, 0.717) is 17.0 Å². The molecule has 0 aliphatic heterocycles. The number of hydrogen-bond acceptors (Lipinski definition) is 4. The monoisotopic (exact) mass is 368 g/mol. The minimum absolute atomic E-state index is 0.268. The van der Waals surface area contributed by atoms with Crippen molar-refractivity contribution in [1.29, 1.82) is 0 Å². The first-order valence-electron chi connectivity index (χ1n) is 8.91. The number of carbonyl (C=O) groups excluding carboxylic acids is 1. The van der Waals surface area contributed by atoms with Gasteiger partial charge in [0.25, 0.3) is 5.91 Å². The van der Waals surface area contributed by atoms with Crippen molar-refractivity contribution in [1.82, 2.24) is 0 Å². The summed E-state index contributed by atoms with van der Waals surface area (Å²) < 4.78 is 5.09. The van der Waals surface area contributed by atoms with E-state index in [0.717, 1.165) is 11.1 Å². The van der Waals surface area contributed by atoms with Crippen LogP contribution in [0.25, 0.3) is 0 Å². The number of benzene rings is 2. The lowest BCUT2D eigenvalue weighted by Gasteiger charge is -2.27. The largest absolute Gasteiger partial charge is 0.507 e. The van der Waals surface area contributed by atoms with Gasteiger partial charge in [-0.3, -0.25) is 4.79 Å². The Kier molecular flexibility index (Phi) is 5.73. The van der Waals surface area contributed by atoms with Gasteiger partial charge in [-0.1, -0.05) is 41.5 Å². The van der Waals surface area contributed by atoms with Gasteiger partial charge < -0.3 is 9.84 Å². The van der Waals surface area contributed by atoms with E-state index >= 15 is 0 Å². The Labute approximate surface area is 161 Å². The number of ether oxygens (including phenoxy) is 1. The number of methoxy groups -OCH3 is 1. The maximum atomic E-state index is 12.3. The summed E-state index contributed by atoms with van der Waals surface area (Å²) in [5.74, 6) is 0.516. The highest BCUT2D eigenvalue weighted by Crippen LogP contribution is 2.41. The maximum Gasteiger partial charge on any atom is 0.295 e. The Morgan fingerprint density at radius 2 is 1.41 bits per heavy atom. The summed E-state index contributed by atoms with van der Waals surface area (Å²) in [6.45, 7) is 12.2. The number of carbonyl (C=O) groups is 1. The summed E-state index contributed by atoms with van der Waals surface area (Å²) in [5.41, 5.74) is 2.00. The number of hydrogen-bond donors (Lipinski definition) is 1. The molecule has 27 heavy (non-hydrogen) atoms. The average molecular weight is 368 g/mol. The van der Waals surface area contributed by atoms with E-state index in [1.165, 1.54) is 0 Å². The van der Waals surface area contributed by atoms with Gasteiger partial charge in [0.05, 0.1) is 12.8 Å². The van der Waals surface area contributed by atoms with Gasteiger partial charge in [-0.15, -0.1) is 10.2 Å². The second-order valence-corrected chi connectivity index (χ2v) is 8.62. The van der Waals surface area contributed by atoms with E-state index in [-0.39, 0.29) is 16.6 Å². The molecule has 1 amide bonds. The molecular formula is C22H28N2O3. The molecule has 0 spiro atoms. The highest BCUT2D eigenvalue weighted by Gasteiger charge is 2.26. The van der Waals surface area contributed by atoms with Crippen LogP contribution >= 0.6 is 0 Å². The molecule has 0 heterocycles. The van der Waals surface area contributed by atoms with Gasteiger partial charge in [0, 0.05) is 16.7 Å². The third-order valence-corrected chi connectivity index (χ3v) is 4.30. The fourth-order valence-corrected chi connectivity index (χ4v) is 2.71. The average Bonchev–Trinajstić information content (AvgIpc) is 2.58. The predicted octanol–water partition coefficient (Wildman–Crippen LogP) is 5.92. The Morgan fingerprint density at radius 3 is 1.81 bits per heavy atom. The standard InChI is InChI=1S/C22H28N2O3/c1-21(2,3)17-12-15(13-18(19(17)25)22(4,5)6)23-24-20(26)14-8-10-16(27-7)11-9-14/h8-13,25H,1-7H3. The molecule has 144 valence electrons. The minimum Gasteiger partial charge on any atom is -0.507 e. The first kappa shape index (κ1) is 20.6. The quantitative estimate of drug-likeness (QED) is 0.684. The first-order chi connectivity index (χ1) is 12.4. The van der Waals surface area contributed by atoms with E-state index < -0.39 is 5.91 Å². The highest BCUT2D eigenvalue weighted by atomic mass is 16.5. The Morgan fingerprint density at radius 1 is 0.926 bits per heavy atom. The van der Waals surface area contributed by atoms with Crippen LogP contribution in [0.3, 0.4) is 0 Å². The lowest BCUT2D eigenvalue weighted by Crippen LogP contribution is -2.16. The van der Waals surface area contributed by atoms with Crippen molar-refractivity contribution in [3.63, 3.8) is 0 Å². The number of nitrogens with zero attached hydrogens (tertiary/aromatic N) is 2. The summed E-state index contributed by atoms with van der Waals surface area (Å²) in [6.07, 6.45) is 0. The minimum atomic E-state index is -0.430. The molecule has 5 nitrogen and oxygen atoms in total. The van der Waals surface area contributed by atoms with Crippen LogP contribution in [0, 0.1) is 0 Å². The van der Waals surface area contributed by atoms with Crippen molar-refractivity contribution in [2.75, 3.05) is 7.11 Å². The number of phenols is 1. The van der Waals surface area contributed by atoms with E-state index in [1.807, 2.05) is 41.5 Å². The van der Waals surface area contributed by atoms with Gasteiger partial charge in [-0.2, -0.15) is 0 Å². The van der Waals surface area contributed by atoms with Crippen LogP contribution in [0.1, 0.15) is 63.0 Å². The Hall–Kier alpha value is -2.69. The number of azo groups is 1. The molecule has 0 atom stereocenters. The smallest absolute Gasteiger partial charge is 0.295 e. The number of aromatic hydroxyl groups is 1. The van der Waals surface area contributed by atoms with Crippen molar-refractivity contribution in [2.24, 2.45) is 10.2 Å². The molecule has 0 radical (unpaired) electrons. The topological polar surface area (TPSA) is 71.2 Å². The molecule has 0 saturated carbocycles. The first-order valence-corrected chi connectivity index (χ1v) is 8.91. The summed E-state index contributed by atoms with van der Waals surface area (Å²) in [5, 5.41) is 18.7. The van der Waals surface area contributed by atoms with Crippen molar-refractivity contribution in [2.45, 2.75) is 52.4 Å². The Bertz CT molecular complexity index is 820. The summed E-state index contributed by atoms with van der Waals surface area (Å²) in [6, 6.07) is 10.3. The lowest BCUT2D eigenvalue weighted by molar-refractivity contribution is 0.0995. The van der Waals surface area contributed by atoms with Crippen LogP contribution in [0.2, 0.25) is 0 Å². The lowest BCUT2D eigenvalue weighted by atomic mass is 9.79. The van der Waals surface area contributed by atoms with Gasteiger partial charge >= 0.3 is 0 Å². The van der Waals surface area contributed by atoms with Gasteiger partial charge in [0.15, 0.2) is 0 Å². The third-order valence-electron chi connectivity index (χ3n) is 4.30. The van der Waals surface area contributed by atoms with Crippen molar-refractivity contribution in [3.8, 4) is 11.5 Å². The molecule has 0 aliphatic carbocycles. The molecule has 0 saturated heterocycles. The molecule has 5 heteroatoms. The zero-order valence-electron chi connectivity index (χ0n) is 17.1. The van der Waals surface area contributed by atoms with Crippen LogP contribution in [0.4, 0.5) is 5.69 Å². The second kappa shape index (κ2) is 7.51. The van der Waals surface area contributed by atoms with E-state index in [4.69, 9.17) is 4.74 Å². The van der Waals surface area contributed by atoms with E-state index in [2.05, 4.69) is 10.2 Å². The zero-order valence-corrected chi connectivity index (χ0v) is 17.1. The normalized spacial score (nSPS) is 12.4. The number of rotatable bonds is 3.